The monoisotopic (exact) mass is 207 g/mol. The van der Waals surface area contributed by atoms with Crippen molar-refractivity contribution >= 4 is 0 Å². The standard InChI is InChI=1S/C12H21N3/c1-3-11(8-10-4-5-10)14-9-12-13-6-7-15(12)2/h6-7,10-11,14H,3-5,8-9H2,1-2H3. The number of hydrogen-bond acceptors (Lipinski definition) is 2. The van der Waals surface area contributed by atoms with Gasteiger partial charge in [0.25, 0.3) is 0 Å². The first-order valence-corrected chi connectivity index (χ1v) is 5.99. The number of aryl methyl sites for hydroxylation is 1. The highest BCUT2D eigenvalue weighted by molar-refractivity contribution is 4.91. The molecular formula is C12H21N3. The highest BCUT2D eigenvalue weighted by Crippen LogP contribution is 2.34. The molecular weight excluding hydrogens is 186 g/mol. The van der Waals surface area contributed by atoms with Crippen LogP contribution in [0.15, 0.2) is 12.4 Å². The van der Waals surface area contributed by atoms with Crippen LogP contribution in [-0.4, -0.2) is 15.6 Å². The van der Waals surface area contributed by atoms with Gasteiger partial charge in [-0.05, 0) is 18.8 Å². The third-order valence-electron chi connectivity index (χ3n) is 3.28. The predicted octanol–water partition coefficient (Wildman–Crippen LogP) is 2.09. The van der Waals surface area contributed by atoms with Gasteiger partial charge in [0.15, 0.2) is 0 Å². The first kappa shape index (κ1) is 10.7. The summed E-state index contributed by atoms with van der Waals surface area (Å²) in [4.78, 5) is 4.32. The number of imidazole rings is 1. The molecule has 1 fully saturated rings. The van der Waals surface area contributed by atoms with Gasteiger partial charge >= 0.3 is 0 Å². The normalized spacial score (nSPS) is 18.0. The van der Waals surface area contributed by atoms with Crippen molar-refractivity contribution in [1.82, 2.24) is 14.9 Å². The smallest absolute Gasteiger partial charge is 0.122 e. The van der Waals surface area contributed by atoms with Crippen LogP contribution in [0.5, 0.6) is 0 Å². The van der Waals surface area contributed by atoms with Crippen molar-refractivity contribution in [2.45, 2.75) is 45.2 Å². The maximum absolute atomic E-state index is 4.32. The fraction of sp³-hybridized carbons (Fsp3) is 0.750. The Hall–Kier alpha value is -0.830. The molecule has 3 heteroatoms. The number of aromatic nitrogens is 2. The van der Waals surface area contributed by atoms with E-state index in [1.165, 1.54) is 25.7 Å². The SMILES string of the molecule is CCC(CC1CC1)NCc1nccn1C. The zero-order valence-electron chi connectivity index (χ0n) is 9.74. The molecule has 1 aliphatic carbocycles. The van der Waals surface area contributed by atoms with Crippen molar-refractivity contribution in [3.05, 3.63) is 18.2 Å². The van der Waals surface area contributed by atoms with Gasteiger partial charge in [-0.2, -0.15) is 0 Å². The van der Waals surface area contributed by atoms with E-state index in [0.29, 0.717) is 6.04 Å². The molecule has 84 valence electrons. The van der Waals surface area contributed by atoms with Crippen LogP contribution in [0.4, 0.5) is 0 Å². The molecule has 1 atom stereocenters. The lowest BCUT2D eigenvalue weighted by molar-refractivity contribution is 0.436. The van der Waals surface area contributed by atoms with E-state index in [2.05, 4.69) is 21.8 Å². The highest BCUT2D eigenvalue weighted by Gasteiger charge is 2.24. The molecule has 1 aliphatic rings. The molecule has 3 nitrogen and oxygen atoms in total. The molecule has 1 aromatic heterocycles. The summed E-state index contributed by atoms with van der Waals surface area (Å²) in [5.41, 5.74) is 0. The molecule has 2 rings (SSSR count). The van der Waals surface area contributed by atoms with Crippen LogP contribution in [0, 0.1) is 5.92 Å². The van der Waals surface area contributed by atoms with E-state index in [4.69, 9.17) is 0 Å². The first-order valence-electron chi connectivity index (χ1n) is 5.99. The largest absolute Gasteiger partial charge is 0.337 e. The number of nitrogens with one attached hydrogen (secondary N) is 1. The maximum Gasteiger partial charge on any atom is 0.122 e. The van der Waals surface area contributed by atoms with Gasteiger partial charge in [0.2, 0.25) is 0 Å². The van der Waals surface area contributed by atoms with E-state index in [0.717, 1.165) is 18.3 Å². The van der Waals surface area contributed by atoms with Crippen molar-refractivity contribution in [1.29, 1.82) is 0 Å². The minimum Gasteiger partial charge on any atom is -0.337 e. The Morgan fingerprint density at radius 2 is 2.40 bits per heavy atom. The highest BCUT2D eigenvalue weighted by atomic mass is 15.1. The molecule has 0 spiro atoms. The number of hydrogen-bond donors (Lipinski definition) is 1. The van der Waals surface area contributed by atoms with Crippen LogP contribution >= 0.6 is 0 Å². The van der Waals surface area contributed by atoms with Crippen LogP contribution in [0.1, 0.15) is 38.4 Å². The molecule has 1 N–H and O–H groups in total. The molecule has 15 heavy (non-hydrogen) atoms. The Morgan fingerprint density at radius 1 is 1.60 bits per heavy atom. The number of rotatable bonds is 6. The Kier molecular flexibility index (Phi) is 3.41. The van der Waals surface area contributed by atoms with Crippen molar-refractivity contribution < 1.29 is 0 Å². The summed E-state index contributed by atoms with van der Waals surface area (Å²) in [6.07, 6.45) is 9.32. The third kappa shape index (κ3) is 3.06. The Balaban J connectivity index is 1.77. The average molecular weight is 207 g/mol. The summed E-state index contributed by atoms with van der Waals surface area (Å²) >= 11 is 0. The lowest BCUT2D eigenvalue weighted by atomic mass is 10.1. The van der Waals surface area contributed by atoms with Gasteiger partial charge in [-0.15, -0.1) is 0 Å². The molecule has 0 aromatic carbocycles. The summed E-state index contributed by atoms with van der Waals surface area (Å²) in [6.45, 7) is 3.16. The summed E-state index contributed by atoms with van der Waals surface area (Å²) in [6, 6.07) is 0.675. The second-order valence-corrected chi connectivity index (χ2v) is 4.62. The predicted molar refractivity (Wildman–Crippen MR) is 61.5 cm³/mol. The van der Waals surface area contributed by atoms with Gasteiger partial charge in [-0.1, -0.05) is 19.8 Å². The van der Waals surface area contributed by atoms with Crippen LogP contribution < -0.4 is 5.32 Å². The minimum absolute atomic E-state index is 0.675. The van der Waals surface area contributed by atoms with Gasteiger partial charge in [0.05, 0.1) is 6.54 Å². The summed E-state index contributed by atoms with van der Waals surface area (Å²) < 4.78 is 2.08. The fourth-order valence-corrected chi connectivity index (χ4v) is 1.95. The van der Waals surface area contributed by atoms with Gasteiger partial charge < -0.3 is 9.88 Å². The van der Waals surface area contributed by atoms with Crippen molar-refractivity contribution in [3.63, 3.8) is 0 Å². The van der Waals surface area contributed by atoms with E-state index in [9.17, 15) is 0 Å². The van der Waals surface area contributed by atoms with Gasteiger partial charge in [-0.3, -0.25) is 0 Å². The summed E-state index contributed by atoms with van der Waals surface area (Å²) in [5, 5.41) is 3.60. The third-order valence-corrected chi connectivity index (χ3v) is 3.28. The lowest BCUT2D eigenvalue weighted by Crippen LogP contribution is -2.29. The molecule has 0 aliphatic heterocycles. The van der Waals surface area contributed by atoms with E-state index < -0.39 is 0 Å². The molecule has 0 amide bonds. The molecule has 1 heterocycles. The Bertz CT molecular complexity index is 302. The first-order chi connectivity index (χ1) is 7.29. The van der Waals surface area contributed by atoms with E-state index in [1.807, 2.05) is 19.4 Å². The molecule has 1 unspecified atom stereocenters. The van der Waals surface area contributed by atoms with E-state index in [-0.39, 0.29) is 0 Å². The van der Waals surface area contributed by atoms with Crippen molar-refractivity contribution in [2.24, 2.45) is 13.0 Å². The fourth-order valence-electron chi connectivity index (χ4n) is 1.95. The second kappa shape index (κ2) is 4.79. The molecule has 0 bridgehead atoms. The second-order valence-electron chi connectivity index (χ2n) is 4.62. The summed E-state index contributed by atoms with van der Waals surface area (Å²) in [7, 11) is 2.05. The van der Waals surface area contributed by atoms with Crippen LogP contribution in [-0.2, 0) is 13.6 Å². The average Bonchev–Trinajstić information content (AvgIpc) is 2.96. The Morgan fingerprint density at radius 3 is 2.93 bits per heavy atom. The minimum atomic E-state index is 0.675. The van der Waals surface area contributed by atoms with E-state index in [1.54, 1.807) is 0 Å². The Labute approximate surface area is 91.9 Å². The zero-order chi connectivity index (χ0) is 10.7. The molecule has 1 saturated carbocycles. The number of nitrogens with zero attached hydrogens (tertiary/aromatic N) is 2. The quantitative estimate of drug-likeness (QED) is 0.774. The van der Waals surface area contributed by atoms with Crippen LogP contribution in [0.2, 0.25) is 0 Å². The van der Waals surface area contributed by atoms with Gasteiger partial charge in [0.1, 0.15) is 5.82 Å². The molecule has 0 radical (unpaired) electrons. The lowest BCUT2D eigenvalue weighted by Gasteiger charge is -2.16. The van der Waals surface area contributed by atoms with Gasteiger partial charge in [-0.25, -0.2) is 4.98 Å². The molecule has 0 saturated heterocycles. The van der Waals surface area contributed by atoms with Crippen LogP contribution in [0.25, 0.3) is 0 Å². The van der Waals surface area contributed by atoms with Crippen molar-refractivity contribution in [2.75, 3.05) is 0 Å². The van der Waals surface area contributed by atoms with Gasteiger partial charge in [0, 0.05) is 25.5 Å². The molecule has 1 aromatic rings. The topological polar surface area (TPSA) is 29.9 Å². The van der Waals surface area contributed by atoms with Crippen molar-refractivity contribution in [3.8, 4) is 0 Å². The zero-order valence-corrected chi connectivity index (χ0v) is 9.74. The maximum atomic E-state index is 4.32. The van der Waals surface area contributed by atoms with E-state index >= 15 is 0 Å². The summed E-state index contributed by atoms with van der Waals surface area (Å²) in [5.74, 6) is 2.13. The van der Waals surface area contributed by atoms with Crippen LogP contribution in [0.3, 0.4) is 0 Å².